The summed E-state index contributed by atoms with van der Waals surface area (Å²) in [5.41, 5.74) is 0.715. The van der Waals surface area contributed by atoms with E-state index in [2.05, 4.69) is 17.1 Å². The molecule has 0 radical (unpaired) electrons. The Labute approximate surface area is 113 Å². The minimum absolute atomic E-state index is 0.0453. The molecule has 4 atom stereocenters. The molecule has 3 aliphatic carbocycles. The molecule has 0 aromatic rings. The summed E-state index contributed by atoms with van der Waals surface area (Å²) < 4.78 is 0. The normalized spacial score (nSPS) is 40.6. The van der Waals surface area contributed by atoms with E-state index in [0.29, 0.717) is 17.5 Å². The highest BCUT2D eigenvalue weighted by atomic mass is 16.1. The molecule has 0 aromatic heterocycles. The first-order chi connectivity index (χ1) is 9.25. The first kappa shape index (κ1) is 11.4. The molecular weight excluding hydrogens is 238 g/mol. The second-order valence-electron chi connectivity index (χ2n) is 6.34. The van der Waals surface area contributed by atoms with Crippen LogP contribution in [0.4, 0.5) is 0 Å². The Balaban J connectivity index is 1.67. The predicted molar refractivity (Wildman–Crippen MR) is 71.2 cm³/mol. The van der Waals surface area contributed by atoms with Gasteiger partial charge in [0.2, 0.25) is 0 Å². The van der Waals surface area contributed by atoms with Gasteiger partial charge in [-0.25, -0.2) is 0 Å². The Morgan fingerprint density at radius 2 is 1.63 bits per heavy atom. The van der Waals surface area contributed by atoms with Crippen LogP contribution in [0.1, 0.15) is 25.7 Å². The van der Waals surface area contributed by atoms with Gasteiger partial charge in [-0.1, -0.05) is 12.2 Å². The van der Waals surface area contributed by atoms with Crippen LogP contribution < -0.4 is 0 Å². The van der Waals surface area contributed by atoms with Gasteiger partial charge in [-0.3, -0.25) is 9.59 Å². The summed E-state index contributed by atoms with van der Waals surface area (Å²) in [5, 5.41) is 0. The summed E-state index contributed by atoms with van der Waals surface area (Å²) in [7, 11) is 0. The topological polar surface area (TPSA) is 37.4 Å². The lowest BCUT2D eigenvalue weighted by atomic mass is 9.73. The highest BCUT2D eigenvalue weighted by Gasteiger charge is 2.53. The quantitative estimate of drug-likeness (QED) is 0.674. The van der Waals surface area contributed by atoms with Crippen LogP contribution in [0.15, 0.2) is 23.9 Å². The number of carbonyl (C=O) groups excluding carboxylic acids is 2. The van der Waals surface area contributed by atoms with Gasteiger partial charge in [-0.15, -0.1) is 0 Å². The Bertz CT molecular complexity index is 499. The summed E-state index contributed by atoms with van der Waals surface area (Å²) in [6, 6.07) is 0. The van der Waals surface area contributed by atoms with Crippen molar-refractivity contribution in [3.8, 4) is 0 Å². The number of ketones is 2. The fraction of sp³-hybridized carbons (Fsp3) is 0.625. The molecule has 1 heterocycles. The standard InChI is InChI=1S/C16H19NO2/c18-13-9-12(17-6-2-1-3-7-17)16(19)15-11-5-4-10(8-11)14(13)15/h4-5,9-11,14-15H,1-3,6-8H2/t10-,11+,14+,15+/m1/s1. The highest BCUT2D eigenvalue weighted by molar-refractivity contribution is 6.11. The lowest BCUT2D eigenvalue weighted by Gasteiger charge is -2.36. The fourth-order valence-electron chi connectivity index (χ4n) is 4.42. The lowest BCUT2D eigenvalue weighted by Crippen LogP contribution is -2.43. The van der Waals surface area contributed by atoms with E-state index >= 15 is 0 Å². The Morgan fingerprint density at radius 1 is 0.947 bits per heavy atom. The third-order valence-electron chi connectivity index (χ3n) is 5.32. The highest BCUT2D eigenvalue weighted by Crippen LogP contribution is 2.51. The largest absolute Gasteiger partial charge is 0.369 e. The molecule has 4 aliphatic rings. The van der Waals surface area contributed by atoms with Crippen LogP contribution in [0.5, 0.6) is 0 Å². The molecule has 3 heteroatoms. The first-order valence-electron chi connectivity index (χ1n) is 7.49. The van der Waals surface area contributed by atoms with Gasteiger partial charge in [-0.2, -0.15) is 0 Å². The molecule has 4 rings (SSSR count). The van der Waals surface area contributed by atoms with Gasteiger partial charge in [0.15, 0.2) is 11.6 Å². The van der Waals surface area contributed by atoms with Crippen molar-refractivity contribution >= 4 is 11.6 Å². The van der Waals surface area contributed by atoms with Crippen molar-refractivity contribution in [1.29, 1.82) is 0 Å². The van der Waals surface area contributed by atoms with E-state index < -0.39 is 0 Å². The summed E-state index contributed by atoms with van der Waals surface area (Å²) in [6.45, 7) is 1.87. The SMILES string of the molecule is O=C1C(N2CCCCC2)=CC(=O)[C@H]2[C@@H]1[C@H]1C=C[C@@H]2C1. The van der Waals surface area contributed by atoms with Crippen LogP contribution in [0.2, 0.25) is 0 Å². The number of hydrogen-bond acceptors (Lipinski definition) is 3. The number of nitrogens with zero attached hydrogens (tertiary/aromatic N) is 1. The van der Waals surface area contributed by atoms with Crippen molar-refractivity contribution in [3.63, 3.8) is 0 Å². The van der Waals surface area contributed by atoms with E-state index in [1.54, 1.807) is 6.08 Å². The second kappa shape index (κ2) is 4.06. The van der Waals surface area contributed by atoms with E-state index in [-0.39, 0.29) is 23.4 Å². The minimum Gasteiger partial charge on any atom is -0.369 e. The van der Waals surface area contributed by atoms with Gasteiger partial charge in [-0.05, 0) is 37.5 Å². The Morgan fingerprint density at radius 3 is 2.37 bits per heavy atom. The maximum absolute atomic E-state index is 12.7. The molecular formula is C16H19NO2. The van der Waals surface area contributed by atoms with Crippen molar-refractivity contribution in [1.82, 2.24) is 4.90 Å². The molecule has 1 aliphatic heterocycles. The lowest BCUT2D eigenvalue weighted by molar-refractivity contribution is -0.131. The number of Topliss-reactive ketones (excluding diaryl/α,β-unsaturated/α-hetero) is 1. The van der Waals surface area contributed by atoms with Crippen molar-refractivity contribution in [2.45, 2.75) is 25.7 Å². The number of allylic oxidation sites excluding steroid dienone is 4. The number of carbonyl (C=O) groups is 2. The fourth-order valence-corrected chi connectivity index (χ4v) is 4.42. The third kappa shape index (κ3) is 1.57. The Kier molecular flexibility index (Phi) is 2.44. The maximum Gasteiger partial charge on any atom is 0.183 e. The summed E-state index contributed by atoms with van der Waals surface area (Å²) >= 11 is 0. The summed E-state index contributed by atoms with van der Waals surface area (Å²) in [6.07, 6.45) is 10.5. The van der Waals surface area contributed by atoms with Gasteiger partial charge < -0.3 is 4.90 Å². The molecule has 0 spiro atoms. The average molecular weight is 257 g/mol. The zero-order valence-corrected chi connectivity index (χ0v) is 11.0. The van der Waals surface area contributed by atoms with Crippen LogP contribution in [-0.2, 0) is 9.59 Å². The van der Waals surface area contributed by atoms with Gasteiger partial charge in [0.1, 0.15) is 0 Å². The zero-order valence-electron chi connectivity index (χ0n) is 11.0. The number of hydrogen-bond donors (Lipinski definition) is 0. The number of rotatable bonds is 1. The third-order valence-corrected chi connectivity index (χ3v) is 5.32. The van der Waals surface area contributed by atoms with Crippen LogP contribution in [0.3, 0.4) is 0 Å². The van der Waals surface area contributed by atoms with Crippen LogP contribution in [0.25, 0.3) is 0 Å². The zero-order chi connectivity index (χ0) is 13.0. The Hall–Kier alpha value is -1.38. The molecule has 0 aromatic carbocycles. The van der Waals surface area contributed by atoms with Crippen LogP contribution >= 0.6 is 0 Å². The van der Waals surface area contributed by atoms with E-state index in [4.69, 9.17) is 0 Å². The summed E-state index contributed by atoms with van der Waals surface area (Å²) in [4.78, 5) is 27.3. The van der Waals surface area contributed by atoms with Crippen molar-refractivity contribution in [2.75, 3.05) is 13.1 Å². The monoisotopic (exact) mass is 257 g/mol. The first-order valence-corrected chi connectivity index (χ1v) is 7.49. The molecule has 1 saturated heterocycles. The molecule has 0 amide bonds. The molecule has 3 nitrogen and oxygen atoms in total. The number of fused-ring (bicyclic) bond motifs is 5. The van der Waals surface area contributed by atoms with Crippen molar-refractivity contribution in [2.24, 2.45) is 23.7 Å². The van der Waals surface area contributed by atoms with Gasteiger partial charge in [0.05, 0.1) is 5.70 Å². The molecule has 0 N–H and O–H groups in total. The van der Waals surface area contributed by atoms with Gasteiger partial charge in [0.25, 0.3) is 0 Å². The molecule has 2 bridgehead atoms. The summed E-state index contributed by atoms with van der Waals surface area (Å²) in [5.74, 6) is 0.983. The second-order valence-corrected chi connectivity index (χ2v) is 6.34. The maximum atomic E-state index is 12.7. The average Bonchev–Trinajstić information content (AvgIpc) is 3.05. The van der Waals surface area contributed by atoms with E-state index in [0.717, 1.165) is 32.4 Å². The van der Waals surface area contributed by atoms with Crippen LogP contribution in [-0.4, -0.2) is 29.6 Å². The molecule has 0 unspecified atom stereocenters. The van der Waals surface area contributed by atoms with E-state index in [1.165, 1.54) is 6.42 Å². The van der Waals surface area contributed by atoms with Gasteiger partial charge in [0, 0.05) is 31.0 Å². The predicted octanol–water partition coefficient (Wildman–Crippen LogP) is 1.95. The van der Waals surface area contributed by atoms with Crippen LogP contribution in [0, 0.1) is 23.7 Å². The van der Waals surface area contributed by atoms with Crippen molar-refractivity contribution in [3.05, 3.63) is 23.9 Å². The van der Waals surface area contributed by atoms with E-state index in [9.17, 15) is 9.59 Å². The van der Waals surface area contributed by atoms with Gasteiger partial charge >= 0.3 is 0 Å². The molecule has 2 fully saturated rings. The number of piperidine rings is 1. The molecule has 100 valence electrons. The smallest absolute Gasteiger partial charge is 0.183 e. The minimum atomic E-state index is -0.0515. The molecule has 19 heavy (non-hydrogen) atoms. The van der Waals surface area contributed by atoms with Crippen molar-refractivity contribution < 1.29 is 9.59 Å². The molecule has 1 saturated carbocycles. The van der Waals surface area contributed by atoms with E-state index in [1.807, 2.05) is 0 Å². The number of likely N-dealkylation sites (tertiary alicyclic amines) is 1.